The van der Waals surface area contributed by atoms with Crippen molar-refractivity contribution >= 4 is 28.4 Å². The van der Waals surface area contributed by atoms with Crippen LogP contribution in [-0.2, 0) is 13.0 Å². The molecule has 0 saturated carbocycles. The molecule has 8 nitrogen and oxygen atoms in total. The summed E-state index contributed by atoms with van der Waals surface area (Å²) in [6.07, 6.45) is 2.57. The van der Waals surface area contributed by atoms with Gasteiger partial charge < -0.3 is 14.8 Å². The lowest BCUT2D eigenvalue weighted by molar-refractivity contribution is 0.408. The fourth-order valence-electron chi connectivity index (χ4n) is 4.01. The molecule has 0 amide bonds. The van der Waals surface area contributed by atoms with E-state index in [0.29, 0.717) is 41.6 Å². The predicted molar refractivity (Wildman–Crippen MR) is 138 cm³/mol. The highest BCUT2D eigenvalue weighted by atomic mass is 32.1. The highest BCUT2D eigenvalue weighted by molar-refractivity contribution is 7.09. The lowest BCUT2D eigenvalue weighted by Gasteiger charge is -2.09. The van der Waals surface area contributed by atoms with Crippen LogP contribution in [-0.4, -0.2) is 39.9 Å². The molecule has 0 saturated heterocycles. The highest BCUT2D eigenvalue weighted by Crippen LogP contribution is 2.23. The second kappa shape index (κ2) is 10.0. The van der Waals surface area contributed by atoms with Crippen molar-refractivity contribution in [2.24, 2.45) is 0 Å². The number of thiophene rings is 1. The van der Waals surface area contributed by atoms with Crippen LogP contribution in [0.25, 0.3) is 16.9 Å². The molecule has 0 spiro atoms. The van der Waals surface area contributed by atoms with E-state index in [0.717, 1.165) is 17.7 Å². The number of rotatable bonds is 9. The number of nitrogens with zero attached hydrogens (tertiary/aromatic N) is 4. The lowest BCUT2D eigenvalue weighted by atomic mass is 10.2. The predicted octanol–water partition coefficient (Wildman–Crippen LogP) is 4.36. The molecule has 0 unspecified atom stereocenters. The number of benzene rings is 2. The van der Waals surface area contributed by atoms with E-state index in [-0.39, 0.29) is 5.69 Å². The Labute approximate surface area is 206 Å². The molecule has 5 rings (SSSR count). The zero-order valence-corrected chi connectivity index (χ0v) is 20.3. The molecule has 35 heavy (non-hydrogen) atoms. The van der Waals surface area contributed by atoms with Crippen LogP contribution < -0.4 is 20.5 Å². The summed E-state index contributed by atoms with van der Waals surface area (Å²) in [5.74, 6) is 1.85. The Kier molecular flexibility index (Phi) is 6.49. The average molecular weight is 488 g/mol. The van der Waals surface area contributed by atoms with Gasteiger partial charge in [-0.3, -0.25) is 4.57 Å². The van der Waals surface area contributed by atoms with Crippen LogP contribution in [0.3, 0.4) is 0 Å². The quantitative estimate of drug-likeness (QED) is 0.333. The van der Waals surface area contributed by atoms with Gasteiger partial charge in [-0.15, -0.1) is 11.3 Å². The van der Waals surface area contributed by atoms with Crippen molar-refractivity contribution in [1.29, 1.82) is 0 Å². The molecule has 0 fully saturated rings. The molecule has 0 aliphatic heterocycles. The van der Waals surface area contributed by atoms with Gasteiger partial charge in [0.25, 0.3) is 0 Å². The van der Waals surface area contributed by atoms with Crippen LogP contribution in [0.1, 0.15) is 10.4 Å². The zero-order chi connectivity index (χ0) is 24.2. The highest BCUT2D eigenvalue weighted by Gasteiger charge is 2.19. The van der Waals surface area contributed by atoms with E-state index >= 15 is 0 Å². The van der Waals surface area contributed by atoms with Crippen LogP contribution in [0, 0.1) is 0 Å². The summed E-state index contributed by atoms with van der Waals surface area (Å²) >= 11 is 1.72. The monoisotopic (exact) mass is 487 g/mol. The van der Waals surface area contributed by atoms with Crippen LogP contribution in [0.5, 0.6) is 11.5 Å². The van der Waals surface area contributed by atoms with Gasteiger partial charge in [0.2, 0.25) is 5.95 Å². The van der Waals surface area contributed by atoms with E-state index in [9.17, 15) is 4.79 Å². The van der Waals surface area contributed by atoms with Gasteiger partial charge in [-0.25, -0.2) is 14.3 Å². The maximum absolute atomic E-state index is 13.7. The second-order valence-electron chi connectivity index (χ2n) is 7.88. The van der Waals surface area contributed by atoms with Crippen molar-refractivity contribution in [3.8, 4) is 17.2 Å². The van der Waals surface area contributed by atoms with Gasteiger partial charge in [0.15, 0.2) is 5.65 Å². The molecule has 3 aromatic heterocycles. The van der Waals surface area contributed by atoms with Crippen molar-refractivity contribution in [2.75, 3.05) is 26.1 Å². The van der Waals surface area contributed by atoms with Gasteiger partial charge in [-0.1, -0.05) is 30.3 Å². The minimum atomic E-state index is -0.218. The Morgan fingerprint density at radius 1 is 1.03 bits per heavy atom. The van der Waals surface area contributed by atoms with E-state index in [1.165, 1.54) is 4.88 Å². The summed E-state index contributed by atoms with van der Waals surface area (Å²) in [5.41, 5.74) is 2.49. The van der Waals surface area contributed by atoms with E-state index < -0.39 is 0 Å². The smallest absolute Gasteiger partial charge is 0.335 e. The van der Waals surface area contributed by atoms with Gasteiger partial charge in [-0.2, -0.15) is 4.98 Å². The molecule has 0 aliphatic carbocycles. The summed E-state index contributed by atoms with van der Waals surface area (Å²) in [7, 11) is 3.23. The van der Waals surface area contributed by atoms with Crippen molar-refractivity contribution in [1.82, 2.24) is 19.1 Å². The maximum atomic E-state index is 13.7. The molecule has 5 aromatic rings. The number of ether oxygens (including phenoxy) is 2. The average Bonchev–Trinajstić information content (AvgIpc) is 3.50. The van der Waals surface area contributed by atoms with Gasteiger partial charge >= 0.3 is 5.69 Å². The number of para-hydroxylation sites is 1. The first-order valence-corrected chi connectivity index (χ1v) is 12.1. The molecule has 0 atom stereocenters. The molecule has 0 aliphatic rings. The third-order valence-corrected chi connectivity index (χ3v) is 6.68. The molecule has 0 bridgehead atoms. The van der Waals surface area contributed by atoms with Crippen LogP contribution >= 0.6 is 11.3 Å². The summed E-state index contributed by atoms with van der Waals surface area (Å²) in [4.78, 5) is 24.3. The summed E-state index contributed by atoms with van der Waals surface area (Å²) in [6, 6.07) is 19.2. The fourth-order valence-corrected chi connectivity index (χ4v) is 4.72. The van der Waals surface area contributed by atoms with E-state index in [4.69, 9.17) is 14.5 Å². The molecule has 1 N–H and O–H groups in total. The number of methoxy groups -OCH3 is 2. The molecule has 178 valence electrons. The Bertz CT molecular complexity index is 1510. The topological polar surface area (TPSA) is 83.2 Å². The minimum Gasteiger partial charge on any atom is -0.497 e. The number of nitrogens with one attached hydrogen (secondary N) is 1. The molecule has 3 heterocycles. The number of imidazole rings is 1. The van der Waals surface area contributed by atoms with E-state index in [1.54, 1.807) is 40.9 Å². The molecule has 0 radical (unpaired) electrons. The standard InChI is InChI=1S/C26H25N5O3S/c1-33-20-9-5-8-19(15-20)31-24-22(16-28-25(29-24)27-13-12-21-10-6-14-35-21)30(26(31)32)17-18-7-3-4-11-23(18)34-2/h3-11,14-16H,12-13,17H2,1-2H3,(H,27,28,29). The summed E-state index contributed by atoms with van der Waals surface area (Å²) in [5, 5.41) is 5.35. The number of hydrogen-bond acceptors (Lipinski definition) is 7. The molecular formula is C26H25N5O3S. The SMILES string of the molecule is COc1cccc(-n2c(=O)n(Cc3ccccc3OC)c3cnc(NCCc4cccs4)nc32)c1. The lowest BCUT2D eigenvalue weighted by Crippen LogP contribution is -2.24. The van der Waals surface area contributed by atoms with Crippen molar-refractivity contribution < 1.29 is 9.47 Å². The van der Waals surface area contributed by atoms with Crippen molar-refractivity contribution in [3.63, 3.8) is 0 Å². The molecule has 2 aromatic carbocycles. The van der Waals surface area contributed by atoms with Crippen molar-refractivity contribution in [3.05, 3.63) is 93.2 Å². The Morgan fingerprint density at radius 3 is 2.71 bits per heavy atom. The Morgan fingerprint density at radius 2 is 1.91 bits per heavy atom. The Hall–Kier alpha value is -4.11. The van der Waals surface area contributed by atoms with Crippen LogP contribution in [0.2, 0.25) is 0 Å². The first-order chi connectivity index (χ1) is 17.2. The fraction of sp³-hybridized carbons (Fsp3) is 0.192. The van der Waals surface area contributed by atoms with E-state index in [1.807, 2.05) is 54.6 Å². The van der Waals surface area contributed by atoms with Crippen molar-refractivity contribution in [2.45, 2.75) is 13.0 Å². The molecule has 9 heteroatoms. The number of fused-ring (bicyclic) bond motifs is 1. The van der Waals surface area contributed by atoms with Gasteiger partial charge in [0.05, 0.1) is 32.6 Å². The first-order valence-electron chi connectivity index (χ1n) is 11.2. The maximum Gasteiger partial charge on any atom is 0.335 e. The number of aromatic nitrogens is 4. The second-order valence-corrected chi connectivity index (χ2v) is 8.91. The normalized spacial score (nSPS) is 11.0. The van der Waals surface area contributed by atoms with Gasteiger partial charge in [0.1, 0.15) is 17.0 Å². The number of hydrogen-bond donors (Lipinski definition) is 1. The minimum absolute atomic E-state index is 0.218. The first kappa shape index (κ1) is 22.7. The summed E-state index contributed by atoms with van der Waals surface area (Å²) < 4.78 is 14.2. The zero-order valence-electron chi connectivity index (χ0n) is 19.5. The van der Waals surface area contributed by atoms with Gasteiger partial charge in [-0.05, 0) is 36.1 Å². The van der Waals surface area contributed by atoms with Gasteiger partial charge in [0, 0.05) is 23.1 Å². The Balaban J connectivity index is 1.58. The molecular weight excluding hydrogens is 462 g/mol. The third-order valence-electron chi connectivity index (χ3n) is 5.74. The largest absolute Gasteiger partial charge is 0.497 e. The van der Waals surface area contributed by atoms with Crippen LogP contribution in [0.4, 0.5) is 5.95 Å². The van der Waals surface area contributed by atoms with E-state index in [2.05, 4.69) is 21.7 Å². The number of anilines is 1. The summed E-state index contributed by atoms with van der Waals surface area (Å²) in [6.45, 7) is 1.02. The van der Waals surface area contributed by atoms with Crippen LogP contribution in [0.15, 0.2) is 77.0 Å². The third kappa shape index (κ3) is 4.63.